The Morgan fingerprint density at radius 2 is 1.66 bits per heavy atom. The average molecular weight is 436 g/mol. The molecule has 4 rings (SSSR count). The van der Waals surface area contributed by atoms with Gasteiger partial charge in [0.05, 0.1) is 12.0 Å². The first-order chi connectivity index (χ1) is 15.5. The van der Waals surface area contributed by atoms with Gasteiger partial charge in [0.1, 0.15) is 13.2 Å². The van der Waals surface area contributed by atoms with Crippen LogP contribution in [-0.4, -0.2) is 60.5 Å². The molecule has 2 atom stereocenters. The first kappa shape index (κ1) is 21.4. The summed E-state index contributed by atoms with van der Waals surface area (Å²) in [5, 5.41) is 12.0. The van der Waals surface area contributed by atoms with E-state index >= 15 is 0 Å². The third-order valence-electron chi connectivity index (χ3n) is 5.87. The smallest absolute Gasteiger partial charge is 0.409 e. The summed E-state index contributed by atoms with van der Waals surface area (Å²) in [6.07, 6.45) is 0.0451. The summed E-state index contributed by atoms with van der Waals surface area (Å²) in [5.74, 6) is -2.15. The van der Waals surface area contributed by atoms with Crippen LogP contribution in [-0.2, 0) is 14.3 Å². The number of rotatable bonds is 6. The normalized spacial score (nSPS) is 19.1. The van der Waals surface area contributed by atoms with Gasteiger partial charge in [0, 0.05) is 19.0 Å². The number of ether oxygens (including phenoxy) is 2. The monoisotopic (exact) mass is 436 g/mol. The van der Waals surface area contributed by atoms with Crippen LogP contribution in [0.2, 0.25) is 0 Å². The zero-order chi connectivity index (χ0) is 22.7. The van der Waals surface area contributed by atoms with Crippen molar-refractivity contribution in [1.82, 2.24) is 10.2 Å². The van der Waals surface area contributed by atoms with Gasteiger partial charge in [-0.3, -0.25) is 4.79 Å². The highest BCUT2D eigenvalue weighted by Crippen LogP contribution is 2.44. The Balaban J connectivity index is 1.42. The first-order valence-corrected chi connectivity index (χ1v) is 10.4. The van der Waals surface area contributed by atoms with Crippen molar-refractivity contribution in [3.63, 3.8) is 0 Å². The summed E-state index contributed by atoms with van der Waals surface area (Å²) in [7, 11) is 0. The number of nitrogens with zero attached hydrogens (tertiary/aromatic N) is 1. The van der Waals surface area contributed by atoms with E-state index in [1.54, 1.807) is 0 Å². The van der Waals surface area contributed by atoms with Gasteiger partial charge in [0.2, 0.25) is 0 Å². The van der Waals surface area contributed by atoms with Gasteiger partial charge in [-0.15, -0.1) is 0 Å². The summed E-state index contributed by atoms with van der Waals surface area (Å²) in [6.45, 7) is 3.57. The summed E-state index contributed by atoms with van der Waals surface area (Å²) >= 11 is 0. The maximum absolute atomic E-state index is 12.8. The van der Waals surface area contributed by atoms with Gasteiger partial charge in [0.25, 0.3) is 0 Å². The largest absolute Gasteiger partial charge is 0.481 e. The highest BCUT2D eigenvalue weighted by atomic mass is 16.6. The fourth-order valence-corrected chi connectivity index (χ4v) is 4.36. The number of carboxylic acids is 1. The van der Waals surface area contributed by atoms with Crippen LogP contribution < -0.4 is 5.32 Å². The maximum Gasteiger partial charge on any atom is 0.409 e. The molecule has 0 aromatic heterocycles. The van der Waals surface area contributed by atoms with E-state index in [2.05, 4.69) is 24.0 Å². The third kappa shape index (κ3) is 4.16. The fraction of sp³-hybridized carbons (Fsp3) is 0.292. The molecule has 0 unspecified atom stereocenters. The van der Waals surface area contributed by atoms with E-state index in [9.17, 15) is 19.5 Å². The molecule has 2 N–H and O–H groups in total. The lowest BCUT2D eigenvalue weighted by Gasteiger charge is -2.19. The van der Waals surface area contributed by atoms with Crippen molar-refractivity contribution in [2.75, 3.05) is 26.3 Å². The molecule has 0 bridgehead atoms. The number of nitrogens with one attached hydrogen (secondary N) is 1. The molecule has 166 valence electrons. The van der Waals surface area contributed by atoms with E-state index in [1.165, 1.54) is 11.0 Å². The average Bonchev–Trinajstić information content (AvgIpc) is 3.36. The summed E-state index contributed by atoms with van der Waals surface area (Å²) in [4.78, 5) is 37.5. The lowest BCUT2D eigenvalue weighted by molar-refractivity contribution is -0.141. The molecule has 1 fully saturated rings. The molecule has 8 nitrogen and oxygen atoms in total. The van der Waals surface area contributed by atoms with Crippen LogP contribution in [0.1, 0.15) is 17.0 Å². The summed E-state index contributed by atoms with van der Waals surface area (Å²) in [5.41, 5.74) is 4.43. The van der Waals surface area contributed by atoms with Gasteiger partial charge in [-0.2, -0.15) is 0 Å². The number of hydrogen-bond acceptors (Lipinski definition) is 5. The minimum atomic E-state index is -1.10. The van der Waals surface area contributed by atoms with E-state index in [0.717, 1.165) is 22.3 Å². The molecule has 2 aromatic carbocycles. The number of amides is 2. The van der Waals surface area contributed by atoms with Gasteiger partial charge in [-0.1, -0.05) is 61.2 Å². The minimum Gasteiger partial charge on any atom is -0.481 e. The molecule has 1 aliphatic heterocycles. The molecule has 32 heavy (non-hydrogen) atoms. The van der Waals surface area contributed by atoms with Gasteiger partial charge in [0.15, 0.2) is 0 Å². The van der Waals surface area contributed by atoms with Gasteiger partial charge in [-0.05, 0) is 22.3 Å². The second kappa shape index (κ2) is 9.13. The van der Waals surface area contributed by atoms with Gasteiger partial charge < -0.3 is 24.8 Å². The van der Waals surface area contributed by atoms with Crippen molar-refractivity contribution in [2.45, 2.75) is 12.0 Å². The van der Waals surface area contributed by atoms with Crippen molar-refractivity contribution in [3.05, 3.63) is 72.3 Å². The van der Waals surface area contributed by atoms with E-state index in [-0.39, 0.29) is 32.2 Å². The molecule has 2 amide bonds. The molecule has 0 saturated carbocycles. The lowest BCUT2D eigenvalue weighted by Crippen LogP contribution is -2.43. The highest BCUT2D eigenvalue weighted by molar-refractivity contribution is 5.79. The number of aliphatic carboxylic acids is 1. The molecular weight excluding hydrogens is 412 g/mol. The predicted molar refractivity (Wildman–Crippen MR) is 116 cm³/mol. The zero-order valence-corrected chi connectivity index (χ0v) is 17.4. The van der Waals surface area contributed by atoms with Crippen LogP contribution in [0.3, 0.4) is 0 Å². The number of carbonyl (C=O) groups excluding carboxylic acids is 2. The Labute approximate surface area is 185 Å². The minimum absolute atomic E-state index is 0.00633. The van der Waals surface area contributed by atoms with Crippen LogP contribution in [0.4, 0.5) is 9.59 Å². The van der Waals surface area contributed by atoms with Gasteiger partial charge >= 0.3 is 18.2 Å². The van der Waals surface area contributed by atoms with Crippen molar-refractivity contribution in [1.29, 1.82) is 0 Å². The quantitative estimate of drug-likeness (QED) is 0.674. The van der Waals surface area contributed by atoms with Crippen LogP contribution in [0, 0.1) is 5.92 Å². The van der Waals surface area contributed by atoms with Crippen LogP contribution in [0.5, 0.6) is 0 Å². The fourth-order valence-electron chi connectivity index (χ4n) is 4.36. The topological polar surface area (TPSA) is 105 Å². The van der Waals surface area contributed by atoms with E-state index in [4.69, 9.17) is 9.47 Å². The predicted octanol–water partition coefficient (Wildman–Crippen LogP) is 3.23. The second-order valence-electron chi connectivity index (χ2n) is 7.79. The number of likely N-dealkylation sites (tertiary alicyclic amines) is 1. The summed E-state index contributed by atoms with van der Waals surface area (Å²) in [6, 6.07) is 15.3. The molecule has 1 saturated heterocycles. The Morgan fingerprint density at radius 1 is 1.03 bits per heavy atom. The molecule has 1 heterocycles. The SMILES string of the molecule is C=CCOC(=O)N[C@H]1CN(C(=O)OCC2c3ccccc3-c3ccccc32)C[C@H]1C(=O)O. The Kier molecular flexibility index (Phi) is 6.11. The number of fused-ring (bicyclic) bond motifs is 3. The second-order valence-corrected chi connectivity index (χ2v) is 7.79. The molecule has 1 aliphatic carbocycles. The summed E-state index contributed by atoms with van der Waals surface area (Å²) < 4.78 is 10.5. The first-order valence-electron chi connectivity index (χ1n) is 10.4. The Hall–Kier alpha value is -3.81. The molecular formula is C24H24N2O6. The maximum atomic E-state index is 12.8. The molecule has 8 heteroatoms. The number of hydrogen-bond donors (Lipinski definition) is 2. The van der Waals surface area contributed by atoms with Crippen molar-refractivity contribution < 1.29 is 29.0 Å². The molecule has 2 aliphatic rings. The van der Waals surface area contributed by atoms with E-state index < -0.39 is 30.1 Å². The number of benzene rings is 2. The van der Waals surface area contributed by atoms with Crippen molar-refractivity contribution >= 4 is 18.2 Å². The molecule has 0 radical (unpaired) electrons. The highest BCUT2D eigenvalue weighted by Gasteiger charge is 2.42. The molecule has 0 spiro atoms. The number of carboxylic acid groups (broad SMARTS) is 1. The van der Waals surface area contributed by atoms with E-state index in [1.807, 2.05) is 36.4 Å². The van der Waals surface area contributed by atoms with Crippen molar-refractivity contribution in [2.24, 2.45) is 5.92 Å². The van der Waals surface area contributed by atoms with Gasteiger partial charge in [-0.25, -0.2) is 9.59 Å². The zero-order valence-electron chi connectivity index (χ0n) is 17.4. The standard InChI is InChI=1S/C24H24N2O6/c1-2-11-31-23(29)25-21-13-26(12-19(21)22(27)28)24(30)32-14-20-17-9-5-3-7-15(17)16-8-4-6-10-18(16)20/h2-10,19-21H,1,11-14H2,(H,25,29)(H,27,28)/t19-,21+/m1/s1. The van der Waals surface area contributed by atoms with E-state index in [0.29, 0.717) is 0 Å². The van der Waals surface area contributed by atoms with Crippen molar-refractivity contribution in [3.8, 4) is 11.1 Å². The number of alkyl carbamates (subject to hydrolysis) is 1. The molecule has 2 aromatic rings. The van der Waals surface area contributed by atoms with Crippen LogP contribution in [0.25, 0.3) is 11.1 Å². The Morgan fingerprint density at radius 3 is 2.25 bits per heavy atom. The lowest BCUT2D eigenvalue weighted by atomic mass is 9.98. The Bertz CT molecular complexity index is 1010. The van der Waals surface area contributed by atoms with Crippen LogP contribution in [0.15, 0.2) is 61.2 Å². The van der Waals surface area contributed by atoms with Crippen LogP contribution >= 0.6 is 0 Å². The number of carbonyl (C=O) groups is 3. The third-order valence-corrected chi connectivity index (χ3v) is 5.87.